The van der Waals surface area contributed by atoms with Crippen LogP contribution in [0.25, 0.3) is 5.65 Å². The van der Waals surface area contributed by atoms with Crippen molar-refractivity contribution < 1.29 is 4.79 Å². The summed E-state index contributed by atoms with van der Waals surface area (Å²) < 4.78 is 2.10. The third-order valence-corrected chi connectivity index (χ3v) is 6.60. The molecular weight excluding hydrogens is 324 g/mol. The van der Waals surface area contributed by atoms with Gasteiger partial charge in [-0.15, -0.1) is 0 Å². The van der Waals surface area contributed by atoms with Crippen molar-refractivity contribution >= 4 is 11.6 Å². The van der Waals surface area contributed by atoms with Gasteiger partial charge in [0.25, 0.3) is 0 Å². The number of fused-ring (bicyclic) bond motifs is 5. The summed E-state index contributed by atoms with van der Waals surface area (Å²) >= 11 is 0. The highest BCUT2D eigenvalue weighted by molar-refractivity contribution is 5.80. The first kappa shape index (κ1) is 16.3. The molecule has 0 unspecified atom stereocenters. The van der Waals surface area contributed by atoms with Gasteiger partial charge in [-0.05, 0) is 56.2 Å². The fraction of sp³-hybridized carbons (Fsp3) is 0.619. The molecule has 4 fully saturated rings. The summed E-state index contributed by atoms with van der Waals surface area (Å²) in [5.74, 6) is 1.36. The third kappa shape index (κ3) is 2.92. The number of hydrogen-bond donors (Lipinski definition) is 0. The Hall–Kier alpha value is -1.88. The van der Waals surface area contributed by atoms with Crippen molar-refractivity contribution in [3.8, 4) is 0 Å². The largest absolute Gasteiger partial charge is 0.338 e. The molecule has 5 nitrogen and oxygen atoms in total. The standard InChI is InChI=1S/C21H28N4O/c1-15-7-8-24-13-18(22-20(24)9-15)12-23-11-17-5-6-19(14-23)25(21(17)26)10-16-3-2-4-16/h7-9,13,16-17,19H,2-6,10-12,14H2,1H3/t17-,19+/m0/s1. The van der Waals surface area contributed by atoms with Gasteiger partial charge in [0, 0.05) is 44.6 Å². The normalized spacial score (nSPS) is 27.1. The summed E-state index contributed by atoms with van der Waals surface area (Å²) in [5, 5.41) is 0. The number of rotatable bonds is 4. The van der Waals surface area contributed by atoms with Gasteiger partial charge in [-0.2, -0.15) is 0 Å². The highest BCUT2D eigenvalue weighted by atomic mass is 16.2. The second-order valence-corrected chi connectivity index (χ2v) is 8.61. The zero-order valence-corrected chi connectivity index (χ0v) is 15.6. The van der Waals surface area contributed by atoms with E-state index < -0.39 is 0 Å². The second-order valence-electron chi connectivity index (χ2n) is 8.61. The molecule has 2 aromatic heterocycles. The van der Waals surface area contributed by atoms with E-state index >= 15 is 0 Å². The number of imidazole rings is 1. The highest BCUT2D eigenvalue weighted by Crippen LogP contribution is 2.34. The van der Waals surface area contributed by atoms with Crippen LogP contribution in [0.1, 0.15) is 43.4 Å². The fourth-order valence-electron chi connectivity index (χ4n) is 4.89. The Balaban J connectivity index is 1.33. The summed E-state index contributed by atoms with van der Waals surface area (Å²) in [6.07, 6.45) is 10.4. The Labute approximate surface area is 155 Å². The molecule has 3 saturated heterocycles. The molecule has 138 valence electrons. The van der Waals surface area contributed by atoms with Gasteiger partial charge in [0.2, 0.25) is 5.91 Å². The van der Waals surface area contributed by atoms with Crippen molar-refractivity contribution in [2.24, 2.45) is 11.8 Å². The lowest BCUT2D eigenvalue weighted by molar-refractivity contribution is -0.141. The zero-order chi connectivity index (χ0) is 17.7. The molecule has 2 atom stereocenters. The molecule has 1 saturated carbocycles. The van der Waals surface area contributed by atoms with Crippen molar-refractivity contribution in [3.05, 3.63) is 35.8 Å². The van der Waals surface area contributed by atoms with E-state index in [1.807, 2.05) is 0 Å². The lowest BCUT2D eigenvalue weighted by atomic mass is 9.83. The Kier molecular flexibility index (Phi) is 4.00. The number of hydrogen-bond acceptors (Lipinski definition) is 3. The van der Waals surface area contributed by atoms with Crippen LogP contribution in [-0.2, 0) is 11.3 Å². The average molecular weight is 352 g/mol. The smallest absolute Gasteiger partial charge is 0.227 e. The Bertz CT molecular complexity index is 825. The Morgan fingerprint density at radius 3 is 2.88 bits per heavy atom. The first-order valence-corrected chi connectivity index (χ1v) is 10.1. The van der Waals surface area contributed by atoms with Crippen molar-refractivity contribution in [2.75, 3.05) is 19.6 Å². The molecule has 26 heavy (non-hydrogen) atoms. The SMILES string of the molecule is Cc1ccn2cc(CN3C[C@@H]4CC[C@H](C3)N(CC3CCC3)C4=O)nc2c1. The van der Waals surface area contributed by atoms with Gasteiger partial charge in [-0.1, -0.05) is 6.42 Å². The minimum Gasteiger partial charge on any atom is -0.338 e. The molecule has 1 aliphatic carbocycles. The van der Waals surface area contributed by atoms with E-state index in [0.29, 0.717) is 11.9 Å². The van der Waals surface area contributed by atoms with E-state index in [4.69, 9.17) is 4.98 Å². The van der Waals surface area contributed by atoms with Crippen LogP contribution >= 0.6 is 0 Å². The van der Waals surface area contributed by atoms with Crippen LogP contribution in [0.2, 0.25) is 0 Å². The molecule has 5 heteroatoms. The number of amides is 1. The molecule has 0 radical (unpaired) electrons. The molecule has 0 N–H and O–H groups in total. The summed E-state index contributed by atoms with van der Waals surface area (Å²) in [6, 6.07) is 4.64. The molecule has 1 amide bonds. The van der Waals surface area contributed by atoms with Crippen LogP contribution in [0.5, 0.6) is 0 Å². The molecule has 2 bridgehead atoms. The quantitative estimate of drug-likeness (QED) is 0.850. The molecule has 2 aromatic rings. The number of carbonyl (C=O) groups excluding carboxylic acids is 1. The molecular formula is C21H28N4O. The van der Waals surface area contributed by atoms with Crippen LogP contribution in [-0.4, -0.2) is 50.8 Å². The predicted octanol–water partition coefficient (Wildman–Crippen LogP) is 2.87. The summed E-state index contributed by atoms with van der Waals surface area (Å²) in [5.41, 5.74) is 3.36. The maximum Gasteiger partial charge on any atom is 0.227 e. The molecule has 4 aliphatic rings. The van der Waals surface area contributed by atoms with Crippen molar-refractivity contribution in [1.29, 1.82) is 0 Å². The van der Waals surface area contributed by atoms with E-state index in [0.717, 1.165) is 49.9 Å². The Morgan fingerprint density at radius 1 is 1.19 bits per heavy atom. The third-order valence-electron chi connectivity index (χ3n) is 6.60. The van der Waals surface area contributed by atoms with Gasteiger partial charge < -0.3 is 9.30 Å². The first-order valence-electron chi connectivity index (χ1n) is 10.1. The Morgan fingerprint density at radius 2 is 2.08 bits per heavy atom. The fourth-order valence-corrected chi connectivity index (χ4v) is 4.89. The van der Waals surface area contributed by atoms with Crippen molar-refractivity contribution in [2.45, 2.75) is 51.6 Å². The van der Waals surface area contributed by atoms with Crippen molar-refractivity contribution in [3.63, 3.8) is 0 Å². The summed E-state index contributed by atoms with van der Waals surface area (Å²) in [4.78, 5) is 22.4. The maximum atomic E-state index is 12.9. The lowest BCUT2D eigenvalue weighted by Gasteiger charge is -2.40. The van der Waals surface area contributed by atoms with E-state index in [1.54, 1.807) is 0 Å². The predicted molar refractivity (Wildman–Crippen MR) is 101 cm³/mol. The van der Waals surface area contributed by atoms with E-state index in [1.165, 1.54) is 31.2 Å². The van der Waals surface area contributed by atoms with Gasteiger partial charge in [0.1, 0.15) is 5.65 Å². The number of aromatic nitrogens is 2. The van der Waals surface area contributed by atoms with Crippen LogP contribution in [0.15, 0.2) is 24.5 Å². The zero-order valence-electron chi connectivity index (χ0n) is 15.6. The maximum absolute atomic E-state index is 12.9. The minimum absolute atomic E-state index is 0.188. The van der Waals surface area contributed by atoms with Gasteiger partial charge in [0.05, 0.1) is 11.6 Å². The topological polar surface area (TPSA) is 40.9 Å². The monoisotopic (exact) mass is 352 g/mol. The number of nitrogens with zero attached hydrogens (tertiary/aromatic N) is 4. The second kappa shape index (κ2) is 6.38. The van der Waals surface area contributed by atoms with Gasteiger partial charge in [-0.25, -0.2) is 4.98 Å². The van der Waals surface area contributed by atoms with Gasteiger partial charge in [0.15, 0.2) is 0 Å². The van der Waals surface area contributed by atoms with Crippen LogP contribution in [0, 0.1) is 18.8 Å². The summed E-state index contributed by atoms with van der Waals surface area (Å²) in [6.45, 7) is 5.84. The average Bonchev–Trinajstić information content (AvgIpc) is 2.77. The van der Waals surface area contributed by atoms with Crippen LogP contribution in [0.4, 0.5) is 0 Å². The van der Waals surface area contributed by atoms with E-state index in [2.05, 4.69) is 45.7 Å². The van der Waals surface area contributed by atoms with E-state index in [-0.39, 0.29) is 5.92 Å². The lowest BCUT2D eigenvalue weighted by Crippen LogP contribution is -2.50. The molecule has 0 aromatic carbocycles. The van der Waals surface area contributed by atoms with Crippen molar-refractivity contribution in [1.82, 2.24) is 19.2 Å². The molecule has 0 spiro atoms. The number of aryl methyl sites for hydroxylation is 1. The van der Waals surface area contributed by atoms with Gasteiger partial charge in [-0.3, -0.25) is 9.69 Å². The van der Waals surface area contributed by atoms with Gasteiger partial charge >= 0.3 is 0 Å². The van der Waals surface area contributed by atoms with E-state index in [9.17, 15) is 4.79 Å². The molecule has 5 heterocycles. The van der Waals surface area contributed by atoms with Crippen LogP contribution < -0.4 is 0 Å². The number of carbonyl (C=O) groups is 1. The number of pyridine rings is 1. The van der Waals surface area contributed by atoms with Crippen LogP contribution in [0.3, 0.4) is 0 Å². The highest BCUT2D eigenvalue weighted by Gasteiger charge is 2.41. The minimum atomic E-state index is 0.188. The number of piperidine rings is 1. The molecule has 3 aliphatic heterocycles. The molecule has 6 rings (SSSR count). The summed E-state index contributed by atoms with van der Waals surface area (Å²) in [7, 11) is 0. The first-order chi connectivity index (χ1) is 12.7.